The molecule has 112 valence electrons. The van der Waals surface area contributed by atoms with Gasteiger partial charge in [0, 0.05) is 26.2 Å². The van der Waals surface area contributed by atoms with E-state index in [0.29, 0.717) is 25.3 Å². The molecule has 1 heterocycles. The fourth-order valence-electron chi connectivity index (χ4n) is 2.18. The third kappa shape index (κ3) is 4.24. The molecule has 5 heteroatoms. The molecule has 0 aliphatic heterocycles. The Kier molecular flexibility index (Phi) is 5.25. The van der Waals surface area contributed by atoms with Crippen LogP contribution in [0.3, 0.4) is 0 Å². The molecule has 0 amide bonds. The van der Waals surface area contributed by atoms with Gasteiger partial charge in [0.1, 0.15) is 11.6 Å². The molecule has 0 bridgehead atoms. The molecule has 0 aliphatic carbocycles. The summed E-state index contributed by atoms with van der Waals surface area (Å²) in [5, 5.41) is 10.2. The van der Waals surface area contributed by atoms with E-state index >= 15 is 0 Å². The van der Waals surface area contributed by atoms with Gasteiger partial charge in [-0.05, 0) is 18.9 Å². The fraction of sp³-hybridized carbons (Fsp3) is 0.375. The van der Waals surface area contributed by atoms with Crippen LogP contribution in [0.1, 0.15) is 29.6 Å². The van der Waals surface area contributed by atoms with Crippen molar-refractivity contribution in [2.75, 3.05) is 18.5 Å². The number of nitrogens with zero attached hydrogens (tertiary/aromatic N) is 3. The Morgan fingerprint density at radius 2 is 1.95 bits per heavy atom. The highest BCUT2D eigenvalue weighted by molar-refractivity contribution is 5.38. The van der Waals surface area contributed by atoms with Gasteiger partial charge < -0.3 is 15.7 Å². The van der Waals surface area contributed by atoms with Crippen LogP contribution in [0.15, 0.2) is 36.4 Å². The molecule has 2 aromatic rings. The van der Waals surface area contributed by atoms with Crippen LogP contribution in [-0.2, 0) is 6.54 Å². The number of aliphatic hydroxyl groups is 1. The molecular formula is C16H22N4O. The first-order chi connectivity index (χ1) is 10.1. The molecule has 1 atom stereocenters. The second kappa shape index (κ2) is 7.15. The molecule has 21 heavy (non-hydrogen) atoms. The maximum Gasteiger partial charge on any atom is 0.132 e. The van der Waals surface area contributed by atoms with Gasteiger partial charge in [0.15, 0.2) is 0 Å². The minimum Gasteiger partial charge on any atom is -0.388 e. The number of rotatable bonds is 6. The summed E-state index contributed by atoms with van der Waals surface area (Å²) in [4.78, 5) is 10.7. The minimum absolute atomic E-state index is 0.400. The summed E-state index contributed by atoms with van der Waals surface area (Å²) < 4.78 is 0. The number of aliphatic hydroxyl groups excluding tert-OH is 1. The lowest BCUT2D eigenvalue weighted by atomic mass is 10.1. The topological polar surface area (TPSA) is 75.3 Å². The molecule has 0 saturated carbocycles. The zero-order chi connectivity index (χ0) is 15.2. The lowest BCUT2D eigenvalue weighted by Gasteiger charge is -2.21. The van der Waals surface area contributed by atoms with Crippen molar-refractivity contribution in [3.63, 3.8) is 0 Å². The number of nitrogens with two attached hydrogens (primary N) is 1. The van der Waals surface area contributed by atoms with Crippen molar-refractivity contribution in [3.05, 3.63) is 53.5 Å². The van der Waals surface area contributed by atoms with Crippen LogP contribution in [0, 0.1) is 6.92 Å². The monoisotopic (exact) mass is 286 g/mol. The maximum absolute atomic E-state index is 10.2. The van der Waals surface area contributed by atoms with E-state index in [9.17, 15) is 5.11 Å². The second-order valence-electron chi connectivity index (χ2n) is 5.11. The molecule has 0 aliphatic rings. The Bertz CT molecular complexity index is 574. The average molecular weight is 286 g/mol. The van der Waals surface area contributed by atoms with E-state index < -0.39 is 6.10 Å². The average Bonchev–Trinajstić information content (AvgIpc) is 2.52. The van der Waals surface area contributed by atoms with E-state index in [0.717, 1.165) is 17.1 Å². The summed E-state index contributed by atoms with van der Waals surface area (Å²) in [6.07, 6.45) is 0.173. The molecule has 2 rings (SSSR count). The van der Waals surface area contributed by atoms with Crippen LogP contribution in [0.4, 0.5) is 5.82 Å². The molecule has 0 unspecified atom stereocenters. The molecule has 1 aromatic heterocycles. The maximum atomic E-state index is 10.2. The molecular weight excluding hydrogens is 264 g/mol. The van der Waals surface area contributed by atoms with Gasteiger partial charge >= 0.3 is 0 Å². The van der Waals surface area contributed by atoms with E-state index in [-0.39, 0.29) is 0 Å². The van der Waals surface area contributed by atoms with Crippen molar-refractivity contribution in [1.82, 2.24) is 9.97 Å². The number of aryl methyl sites for hydroxylation is 1. The third-order valence-corrected chi connectivity index (χ3v) is 3.40. The fourth-order valence-corrected chi connectivity index (χ4v) is 2.18. The van der Waals surface area contributed by atoms with E-state index in [1.165, 1.54) is 0 Å². The van der Waals surface area contributed by atoms with Gasteiger partial charge in [-0.25, -0.2) is 9.97 Å². The summed E-state index contributed by atoms with van der Waals surface area (Å²) in [5.74, 6) is 1.55. The van der Waals surface area contributed by atoms with Gasteiger partial charge in [0.2, 0.25) is 0 Å². The standard InChI is InChI=1S/C16H22N4O/c1-12-18-14(11-17)10-16(19-12)20(2)9-8-15(21)13-6-4-3-5-7-13/h3-7,10,15,21H,8-9,11,17H2,1-2H3/t15-/m1/s1. The molecule has 1 aromatic carbocycles. The van der Waals surface area contributed by atoms with E-state index in [1.54, 1.807) is 0 Å². The zero-order valence-corrected chi connectivity index (χ0v) is 12.5. The van der Waals surface area contributed by atoms with Crippen molar-refractivity contribution in [2.24, 2.45) is 5.73 Å². The molecule has 0 saturated heterocycles. The number of aromatic nitrogens is 2. The van der Waals surface area contributed by atoms with Gasteiger partial charge in [-0.15, -0.1) is 0 Å². The van der Waals surface area contributed by atoms with Crippen LogP contribution in [0.2, 0.25) is 0 Å². The molecule has 0 fully saturated rings. The summed E-state index contributed by atoms with van der Waals surface area (Å²) in [6.45, 7) is 2.96. The lowest BCUT2D eigenvalue weighted by Crippen LogP contribution is -2.22. The SMILES string of the molecule is Cc1nc(CN)cc(N(C)CC[C@@H](O)c2ccccc2)n1. The minimum atomic E-state index is -0.467. The predicted molar refractivity (Wildman–Crippen MR) is 83.9 cm³/mol. The van der Waals surface area contributed by atoms with Gasteiger partial charge in [0.25, 0.3) is 0 Å². The van der Waals surface area contributed by atoms with E-state index in [4.69, 9.17) is 5.73 Å². The second-order valence-corrected chi connectivity index (χ2v) is 5.11. The van der Waals surface area contributed by atoms with Crippen LogP contribution < -0.4 is 10.6 Å². The first-order valence-electron chi connectivity index (χ1n) is 7.09. The Labute approximate surface area is 125 Å². The van der Waals surface area contributed by atoms with Crippen molar-refractivity contribution in [1.29, 1.82) is 0 Å². The van der Waals surface area contributed by atoms with Crippen molar-refractivity contribution >= 4 is 5.82 Å². The number of anilines is 1. The first-order valence-corrected chi connectivity index (χ1v) is 7.09. The van der Waals surface area contributed by atoms with Crippen LogP contribution in [-0.4, -0.2) is 28.7 Å². The Hall–Kier alpha value is -1.98. The summed E-state index contributed by atoms with van der Waals surface area (Å²) in [6, 6.07) is 11.6. The van der Waals surface area contributed by atoms with E-state index in [2.05, 4.69) is 9.97 Å². The lowest BCUT2D eigenvalue weighted by molar-refractivity contribution is 0.170. The largest absolute Gasteiger partial charge is 0.388 e. The van der Waals surface area contributed by atoms with Crippen LogP contribution >= 0.6 is 0 Å². The van der Waals surface area contributed by atoms with Crippen molar-refractivity contribution in [2.45, 2.75) is 26.0 Å². The number of hydrogen-bond acceptors (Lipinski definition) is 5. The Balaban J connectivity index is 1.98. The molecule has 0 radical (unpaired) electrons. The van der Waals surface area contributed by atoms with Gasteiger partial charge in [-0.2, -0.15) is 0 Å². The highest BCUT2D eigenvalue weighted by Crippen LogP contribution is 2.18. The van der Waals surface area contributed by atoms with Crippen molar-refractivity contribution < 1.29 is 5.11 Å². The van der Waals surface area contributed by atoms with Crippen LogP contribution in [0.25, 0.3) is 0 Å². The summed E-state index contributed by atoms with van der Waals surface area (Å²) in [7, 11) is 1.96. The molecule has 0 spiro atoms. The van der Waals surface area contributed by atoms with Crippen LogP contribution in [0.5, 0.6) is 0 Å². The summed E-state index contributed by atoms with van der Waals surface area (Å²) in [5.41, 5.74) is 7.40. The van der Waals surface area contributed by atoms with Gasteiger partial charge in [-0.1, -0.05) is 30.3 Å². The molecule has 3 N–H and O–H groups in total. The Morgan fingerprint density at radius 3 is 2.62 bits per heavy atom. The first kappa shape index (κ1) is 15.4. The third-order valence-electron chi connectivity index (χ3n) is 3.40. The predicted octanol–water partition coefficient (Wildman–Crippen LogP) is 1.80. The quantitative estimate of drug-likeness (QED) is 0.847. The highest BCUT2D eigenvalue weighted by Gasteiger charge is 2.10. The van der Waals surface area contributed by atoms with Gasteiger partial charge in [0.05, 0.1) is 11.8 Å². The Morgan fingerprint density at radius 1 is 1.24 bits per heavy atom. The zero-order valence-electron chi connectivity index (χ0n) is 12.5. The smallest absolute Gasteiger partial charge is 0.132 e. The number of benzene rings is 1. The number of hydrogen-bond donors (Lipinski definition) is 2. The van der Waals surface area contributed by atoms with Crippen molar-refractivity contribution in [3.8, 4) is 0 Å². The molecule has 5 nitrogen and oxygen atoms in total. The summed E-state index contributed by atoms with van der Waals surface area (Å²) >= 11 is 0. The normalized spacial score (nSPS) is 12.2. The van der Waals surface area contributed by atoms with E-state index in [1.807, 2.05) is 55.3 Å². The van der Waals surface area contributed by atoms with Gasteiger partial charge in [-0.3, -0.25) is 0 Å². The highest BCUT2D eigenvalue weighted by atomic mass is 16.3.